The minimum atomic E-state index is -4.53. The minimum absolute atomic E-state index is 0.0280. The first-order chi connectivity index (χ1) is 15.7. The van der Waals surface area contributed by atoms with Crippen molar-refractivity contribution in [2.45, 2.75) is 30.5 Å². The summed E-state index contributed by atoms with van der Waals surface area (Å²) in [5.74, 6) is 0.306. The van der Waals surface area contributed by atoms with Gasteiger partial charge in [0.05, 0.1) is 31.9 Å². The molecule has 176 valence electrons. The van der Waals surface area contributed by atoms with Crippen LogP contribution in [0.5, 0.6) is 5.75 Å². The SMILES string of the molecule is COc1ccc(C(=O)NC2COC3C(OC(=O)Nc4cccc(C(F)(F)F)c4)COC23)cc1. The second-order valence-electron chi connectivity index (χ2n) is 7.55. The maximum atomic E-state index is 12.8. The molecule has 2 saturated heterocycles. The molecule has 33 heavy (non-hydrogen) atoms. The van der Waals surface area contributed by atoms with Gasteiger partial charge in [-0.2, -0.15) is 13.2 Å². The Bertz CT molecular complexity index is 1010. The predicted octanol–water partition coefficient (Wildman–Crippen LogP) is 3.23. The molecule has 4 rings (SSSR count). The largest absolute Gasteiger partial charge is 0.497 e. The molecule has 0 spiro atoms. The van der Waals surface area contributed by atoms with Gasteiger partial charge in [0.15, 0.2) is 6.10 Å². The third-order valence-electron chi connectivity index (χ3n) is 5.37. The molecular formula is C22H21F3N2O6. The topological polar surface area (TPSA) is 95.1 Å². The molecule has 2 heterocycles. The van der Waals surface area contributed by atoms with E-state index < -0.39 is 42.2 Å². The number of nitrogens with one attached hydrogen (secondary N) is 2. The summed E-state index contributed by atoms with van der Waals surface area (Å²) in [5.41, 5.74) is -0.507. The Labute approximate surface area is 186 Å². The number of carbonyl (C=O) groups is 2. The molecule has 0 saturated carbocycles. The van der Waals surface area contributed by atoms with Crippen molar-refractivity contribution in [3.63, 3.8) is 0 Å². The number of alkyl halides is 3. The number of ether oxygens (including phenoxy) is 4. The average molecular weight is 466 g/mol. The Hall–Kier alpha value is -3.31. The fourth-order valence-corrected chi connectivity index (χ4v) is 3.74. The van der Waals surface area contributed by atoms with Crippen molar-refractivity contribution in [1.82, 2.24) is 5.32 Å². The van der Waals surface area contributed by atoms with Crippen LogP contribution >= 0.6 is 0 Å². The standard InChI is InChI=1S/C22H21F3N2O6/c1-30-15-7-5-12(6-8-15)20(28)27-16-10-31-19-17(11-32-18(16)19)33-21(29)26-14-4-2-3-13(9-14)22(23,24)25/h2-9,16-19H,10-11H2,1H3,(H,26,29)(H,27,28). The van der Waals surface area contributed by atoms with Crippen molar-refractivity contribution in [3.8, 4) is 5.75 Å². The Morgan fingerprint density at radius 1 is 1.03 bits per heavy atom. The van der Waals surface area contributed by atoms with Crippen LogP contribution in [0.25, 0.3) is 0 Å². The molecule has 0 aromatic heterocycles. The van der Waals surface area contributed by atoms with Crippen LogP contribution in [0.2, 0.25) is 0 Å². The van der Waals surface area contributed by atoms with Crippen molar-refractivity contribution in [2.75, 3.05) is 25.6 Å². The van der Waals surface area contributed by atoms with Gasteiger partial charge in [-0.1, -0.05) is 6.07 Å². The third kappa shape index (κ3) is 5.20. The summed E-state index contributed by atoms with van der Waals surface area (Å²) in [5, 5.41) is 5.13. The maximum Gasteiger partial charge on any atom is 0.416 e. The van der Waals surface area contributed by atoms with Gasteiger partial charge in [-0.3, -0.25) is 10.1 Å². The number of methoxy groups -OCH3 is 1. The molecule has 4 atom stereocenters. The van der Waals surface area contributed by atoms with Gasteiger partial charge >= 0.3 is 12.3 Å². The maximum absolute atomic E-state index is 12.8. The molecule has 2 aliphatic heterocycles. The number of rotatable bonds is 5. The number of fused-ring (bicyclic) bond motifs is 1. The normalized spacial score (nSPS) is 24.1. The zero-order chi connectivity index (χ0) is 23.6. The molecule has 0 aliphatic carbocycles. The quantitative estimate of drug-likeness (QED) is 0.703. The first-order valence-corrected chi connectivity index (χ1v) is 10.1. The number of hydrogen-bond donors (Lipinski definition) is 2. The number of anilines is 1. The van der Waals surface area contributed by atoms with E-state index in [4.69, 9.17) is 18.9 Å². The van der Waals surface area contributed by atoms with E-state index >= 15 is 0 Å². The number of halogens is 3. The Kier molecular flexibility index (Phi) is 6.43. The average Bonchev–Trinajstić information content (AvgIpc) is 3.36. The molecule has 8 nitrogen and oxygen atoms in total. The second-order valence-corrected chi connectivity index (χ2v) is 7.55. The molecule has 2 fully saturated rings. The molecule has 4 unspecified atom stereocenters. The molecular weight excluding hydrogens is 445 g/mol. The molecule has 2 amide bonds. The smallest absolute Gasteiger partial charge is 0.416 e. The fourth-order valence-electron chi connectivity index (χ4n) is 3.74. The number of hydrogen-bond acceptors (Lipinski definition) is 6. The van der Waals surface area contributed by atoms with Crippen molar-refractivity contribution in [1.29, 1.82) is 0 Å². The van der Waals surface area contributed by atoms with E-state index in [-0.39, 0.29) is 24.8 Å². The number of carbonyl (C=O) groups excluding carboxylic acids is 2. The second kappa shape index (κ2) is 9.28. The molecule has 0 radical (unpaired) electrons. The van der Waals surface area contributed by atoms with Gasteiger partial charge < -0.3 is 24.3 Å². The van der Waals surface area contributed by atoms with Crippen LogP contribution in [0.4, 0.5) is 23.7 Å². The van der Waals surface area contributed by atoms with E-state index in [9.17, 15) is 22.8 Å². The van der Waals surface area contributed by atoms with E-state index in [1.807, 2.05) is 0 Å². The summed E-state index contributed by atoms with van der Waals surface area (Å²) in [7, 11) is 1.53. The summed E-state index contributed by atoms with van der Waals surface area (Å²) >= 11 is 0. The number of amides is 2. The van der Waals surface area contributed by atoms with Crippen LogP contribution in [0.1, 0.15) is 15.9 Å². The Morgan fingerprint density at radius 2 is 1.76 bits per heavy atom. The van der Waals surface area contributed by atoms with Gasteiger partial charge in [-0.05, 0) is 42.5 Å². The van der Waals surface area contributed by atoms with Crippen molar-refractivity contribution in [2.24, 2.45) is 0 Å². The van der Waals surface area contributed by atoms with Gasteiger partial charge in [0, 0.05) is 11.3 Å². The zero-order valence-electron chi connectivity index (χ0n) is 17.4. The van der Waals surface area contributed by atoms with E-state index in [1.54, 1.807) is 24.3 Å². The summed E-state index contributed by atoms with van der Waals surface area (Å²) in [6, 6.07) is 10.4. The highest BCUT2D eigenvalue weighted by Crippen LogP contribution is 2.32. The van der Waals surface area contributed by atoms with E-state index in [0.29, 0.717) is 11.3 Å². The van der Waals surface area contributed by atoms with Gasteiger partial charge in [0.2, 0.25) is 0 Å². The highest BCUT2D eigenvalue weighted by molar-refractivity contribution is 5.94. The van der Waals surface area contributed by atoms with E-state index in [2.05, 4.69) is 10.6 Å². The summed E-state index contributed by atoms with van der Waals surface area (Å²) in [6.45, 7) is 0.187. The Balaban J connectivity index is 1.31. The van der Waals surface area contributed by atoms with E-state index in [1.165, 1.54) is 19.2 Å². The lowest BCUT2D eigenvalue weighted by molar-refractivity contribution is -0.137. The lowest BCUT2D eigenvalue weighted by Crippen LogP contribution is -2.44. The van der Waals surface area contributed by atoms with Crippen LogP contribution in [-0.4, -0.2) is 56.7 Å². The van der Waals surface area contributed by atoms with Gasteiger partial charge in [0.1, 0.15) is 18.0 Å². The summed E-state index contributed by atoms with van der Waals surface area (Å²) < 4.78 is 60.2. The molecule has 0 bridgehead atoms. The molecule has 11 heteroatoms. The van der Waals surface area contributed by atoms with Crippen LogP contribution in [0.15, 0.2) is 48.5 Å². The molecule has 2 aliphatic rings. The van der Waals surface area contributed by atoms with Crippen LogP contribution in [-0.2, 0) is 20.4 Å². The first-order valence-electron chi connectivity index (χ1n) is 10.1. The zero-order valence-corrected chi connectivity index (χ0v) is 17.4. The number of benzene rings is 2. The predicted molar refractivity (Wildman–Crippen MR) is 109 cm³/mol. The highest BCUT2D eigenvalue weighted by atomic mass is 19.4. The lowest BCUT2D eigenvalue weighted by Gasteiger charge is -2.18. The van der Waals surface area contributed by atoms with Gasteiger partial charge in [-0.15, -0.1) is 0 Å². The molecule has 2 N–H and O–H groups in total. The van der Waals surface area contributed by atoms with E-state index in [0.717, 1.165) is 12.1 Å². The summed E-state index contributed by atoms with van der Waals surface area (Å²) in [6.07, 6.45) is -7.38. The highest BCUT2D eigenvalue weighted by Gasteiger charge is 2.50. The van der Waals surface area contributed by atoms with Gasteiger partial charge in [0.25, 0.3) is 5.91 Å². The molecule has 2 aromatic rings. The fraction of sp³-hybridized carbons (Fsp3) is 0.364. The monoisotopic (exact) mass is 466 g/mol. The van der Waals surface area contributed by atoms with Crippen LogP contribution in [0.3, 0.4) is 0 Å². The first kappa shape index (κ1) is 22.9. The van der Waals surface area contributed by atoms with Crippen LogP contribution < -0.4 is 15.4 Å². The lowest BCUT2D eigenvalue weighted by atomic mass is 10.1. The third-order valence-corrected chi connectivity index (χ3v) is 5.37. The van der Waals surface area contributed by atoms with Crippen LogP contribution in [0, 0.1) is 0 Å². The Morgan fingerprint density at radius 3 is 2.45 bits per heavy atom. The van der Waals surface area contributed by atoms with Crippen molar-refractivity contribution >= 4 is 17.7 Å². The minimum Gasteiger partial charge on any atom is -0.497 e. The summed E-state index contributed by atoms with van der Waals surface area (Å²) in [4.78, 5) is 24.7. The van der Waals surface area contributed by atoms with Crippen molar-refractivity contribution in [3.05, 3.63) is 59.7 Å². The van der Waals surface area contributed by atoms with Gasteiger partial charge in [-0.25, -0.2) is 4.79 Å². The van der Waals surface area contributed by atoms with Crippen molar-refractivity contribution < 1.29 is 41.7 Å². The molecule has 2 aromatic carbocycles.